The zero-order valence-corrected chi connectivity index (χ0v) is 38.6. The first-order chi connectivity index (χ1) is 28.8. The van der Waals surface area contributed by atoms with Crippen molar-refractivity contribution in [2.24, 2.45) is 17.8 Å². The molecule has 0 aliphatic carbocycles. The van der Waals surface area contributed by atoms with Crippen LogP contribution in [0.25, 0.3) is 11.4 Å². The fraction of sp³-hybridized carbons (Fsp3) is 0.721. The summed E-state index contributed by atoms with van der Waals surface area (Å²) >= 11 is 0.250. The SMILES string of the molecule is CC[C@H]1OC(=O)[C@H](C)C(=O)[C@H](C)[C@@H](O[C@@H]2OC(C)CC(N(C)C)C2O)[C@](C)(OC)C[C@@H](C)CN[C@H](C)[C@H]2N(C/C=C/Cn3cc(-c4ccccn4)nn3)C(=O)O[C@]12C.CSF. The van der Waals surface area contributed by atoms with Crippen molar-refractivity contribution in [2.75, 3.05) is 40.6 Å². The Balaban J connectivity index is 0.00000265. The number of carbonyl (C=O) groups excluding carboxylic acids is 3. The first-order valence-electron chi connectivity index (χ1n) is 21.1. The number of hydrogen-bond acceptors (Lipinski definition) is 15. The molecule has 3 aliphatic heterocycles. The Morgan fingerprint density at radius 2 is 1.79 bits per heavy atom. The van der Waals surface area contributed by atoms with Gasteiger partial charge < -0.3 is 39.0 Å². The maximum Gasteiger partial charge on any atom is 0.411 e. The standard InChI is InChI=1S/C42H65N7O9.CH3FS/c1-12-33-42(8)36(49(40(53)58-42)20-16-15-19-48-24-31(45-46-48)30-17-13-14-18-43-30)29(6)44-23-25(2)22-41(7,54-11)37(27(4)34(50)28(5)38(52)56-33)57-39-35(51)32(47(9)10)21-26(3)55-39;1-3-2/h13-18,24-29,32-33,35-37,39,44,51H,12,19-23H2,1-11H3;1H3/b16-15+;/t25-,26?,27+,28-,29-,32?,33-,35?,36-,37-,39+,41-,42-;/m1./s1. The van der Waals surface area contributed by atoms with Crippen molar-refractivity contribution in [3.63, 3.8) is 0 Å². The predicted molar refractivity (Wildman–Crippen MR) is 230 cm³/mol. The maximum absolute atomic E-state index is 14.4. The van der Waals surface area contributed by atoms with E-state index in [4.69, 9.17) is 23.7 Å². The van der Waals surface area contributed by atoms with E-state index in [0.29, 0.717) is 38.0 Å². The highest BCUT2D eigenvalue weighted by molar-refractivity contribution is 7.93. The van der Waals surface area contributed by atoms with Gasteiger partial charge in [-0.05, 0) is 92.6 Å². The third-order valence-corrected chi connectivity index (χ3v) is 12.3. The van der Waals surface area contributed by atoms with Crippen LogP contribution in [0.5, 0.6) is 0 Å². The van der Waals surface area contributed by atoms with Crippen LogP contribution in [-0.2, 0) is 39.8 Å². The first kappa shape index (κ1) is 50.1. The molecule has 2 aromatic rings. The van der Waals surface area contributed by atoms with Crippen LogP contribution in [0.3, 0.4) is 0 Å². The molecule has 0 radical (unpaired) electrons. The lowest BCUT2D eigenvalue weighted by molar-refractivity contribution is -0.295. The van der Waals surface area contributed by atoms with Gasteiger partial charge in [-0.3, -0.25) is 19.5 Å². The molecular formula is C43H68FN7O9S. The van der Waals surface area contributed by atoms with Crippen molar-refractivity contribution in [2.45, 2.75) is 141 Å². The normalized spacial score (nSPS) is 35.5. The van der Waals surface area contributed by atoms with E-state index >= 15 is 0 Å². The Bertz CT molecular complexity index is 1760. The van der Waals surface area contributed by atoms with E-state index in [2.05, 4.69) is 27.5 Å². The average Bonchev–Trinajstić information content (AvgIpc) is 3.81. The number of ketones is 1. The lowest BCUT2D eigenvalue weighted by atomic mass is 9.78. The molecule has 13 atom stereocenters. The Kier molecular flexibility index (Phi) is 18.2. The van der Waals surface area contributed by atoms with Crippen LogP contribution in [0.15, 0.2) is 42.7 Å². The number of nitrogens with zero attached hydrogens (tertiary/aromatic N) is 6. The van der Waals surface area contributed by atoms with Crippen LogP contribution in [0.1, 0.15) is 74.7 Å². The van der Waals surface area contributed by atoms with Crippen molar-refractivity contribution in [1.29, 1.82) is 0 Å². The average molecular weight is 878 g/mol. The van der Waals surface area contributed by atoms with E-state index in [1.165, 1.54) is 13.2 Å². The molecule has 342 valence electrons. The molecule has 0 spiro atoms. The van der Waals surface area contributed by atoms with Gasteiger partial charge in [0.1, 0.15) is 23.8 Å². The van der Waals surface area contributed by atoms with Crippen LogP contribution in [0.2, 0.25) is 0 Å². The molecule has 18 heteroatoms. The van der Waals surface area contributed by atoms with Crippen molar-refractivity contribution in [1.82, 2.24) is 35.1 Å². The fourth-order valence-corrected chi connectivity index (χ4v) is 9.01. The maximum atomic E-state index is 14.4. The monoisotopic (exact) mass is 877 g/mol. The summed E-state index contributed by atoms with van der Waals surface area (Å²) < 4.78 is 43.3. The molecule has 61 heavy (non-hydrogen) atoms. The summed E-state index contributed by atoms with van der Waals surface area (Å²) in [6, 6.07) is 4.48. The van der Waals surface area contributed by atoms with Crippen molar-refractivity contribution in [3.05, 3.63) is 42.7 Å². The van der Waals surface area contributed by atoms with Crippen LogP contribution < -0.4 is 5.32 Å². The zero-order chi connectivity index (χ0) is 45.2. The largest absolute Gasteiger partial charge is 0.458 e. The summed E-state index contributed by atoms with van der Waals surface area (Å²) in [6.07, 6.45) is 5.51. The number of esters is 1. The van der Waals surface area contributed by atoms with Gasteiger partial charge in [0.2, 0.25) is 0 Å². The van der Waals surface area contributed by atoms with E-state index in [1.807, 2.05) is 83.2 Å². The number of aliphatic hydroxyl groups excluding tert-OH is 1. The third kappa shape index (κ3) is 11.9. The number of halogens is 1. The summed E-state index contributed by atoms with van der Waals surface area (Å²) in [5.41, 5.74) is -0.934. The molecule has 3 aliphatic rings. The number of methoxy groups -OCH3 is 1. The number of likely N-dealkylation sites (N-methyl/N-ethyl adjacent to an activating group) is 1. The Morgan fingerprint density at radius 1 is 1.10 bits per heavy atom. The number of amides is 1. The van der Waals surface area contributed by atoms with Crippen molar-refractivity contribution in [3.8, 4) is 11.4 Å². The number of fused-ring (bicyclic) bond motifs is 1. The van der Waals surface area contributed by atoms with E-state index < -0.39 is 71.5 Å². The highest BCUT2D eigenvalue weighted by Gasteiger charge is 2.58. The number of hydrogen-bond donors (Lipinski definition) is 2. The molecular weight excluding hydrogens is 810 g/mol. The molecule has 3 fully saturated rings. The van der Waals surface area contributed by atoms with E-state index in [1.54, 1.807) is 36.7 Å². The second-order valence-electron chi connectivity index (χ2n) is 17.2. The van der Waals surface area contributed by atoms with Gasteiger partial charge in [-0.2, -0.15) is 3.89 Å². The number of aliphatic hydroxyl groups is 1. The molecule has 1 amide bonds. The minimum atomic E-state index is -1.26. The highest BCUT2D eigenvalue weighted by Crippen LogP contribution is 2.40. The number of cyclic esters (lactones) is 1. The molecule has 3 saturated heterocycles. The summed E-state index contributed by atoms with van der Waals surface area (Å²) in [5, 5.41) is 23.5. The Hall–Kier alpha value is -3.52. The van der Waals surface area contributed by atoms with Crippen molar-refractivity contribution >= 4 is 30.0 Å². The van der Waals surface area contributed by atoms with Crippen molar-refractivity contribution < 1.29 is 47.1 Å². The molecule has 16 nitrogen and oxygen atoms in total. The number of nitrogens with one attached hydrogen (secondary N) is 1. The van der Waals surface area contributed by atoms with Gasteiger partial charge in [0.15, 0.2) is 17.7 Å². The van der Waals surface area contributed by atoms with Gasteiger partial charge in [-0.1, -0.05) is 44.2 Å². The zero-order valence-electron chi connectivity index (χ0n) is 37.8. The number of rotatable bonds is 10. The van der Waals surface area contributed by atoms with Crippen LogP contribution in [-0.4, -0.2) is 153 Å². The second-order valence-corrected chi connectivity index (χ2v) is 17.5. The number of carbonyl (C=O) groups is 3. The molecule has 2 N–H and O–H groups in total. The molecule has 0 saturated carbocycles. The van der Waals surface area contributed by atoms with Crippen LogP contribution in [0.4, 0.5) is 8.68 Å². The lowest BCUT2D eigenvalue weighted by Crippen LogP contribution is -2.60. The molecule has 2 aromatic heterocycles. The molecule has 0 bridgehead atoms. The van der Waals surface area contributed by atoms with Gasteiger partial charge in [0.05, 0.1) is 42.3 Å². The summed E-state index contributed by atoms with van der Waals surface area (Å²) in [6.45, 7) is 16.0. The number of aromatic nitrogens is 4. The quantitative estimate of drug-likeness (QED) is 0.183. The van der Waals surface area contributed by atoms with Gasteiger partial charge in [-0.15, -0.1) is 5.10 Å². The molecule has 0 aromatic carbocycles. The lowest BCUT2D eigenvalue weighted by Gasteiger charge is -2.46. The van der Waals surface area contributed by atoms with Gasteiger partial charge >= 0.3 is 12.1 Å². The van der Waals surface area contributed by atoms with E-state index in [0.717, 1.165) is 5.69 Å². The second kappa shape index (κ2) is 22.2. The number of Topliss-reactive ketones (excluding diaryl/α,β-unsaturated/α-hetero) is 1. The van der Waals surface area contributed by atoms with Gasteiger partial charge in [0.25, 0.3) is 0 Å². The predicted octanol–water partition coefficient (Wildman–Crippen LogP) is 5.11. The van der Waals surface area contributed by atoms with Crippen LogP contribution in [0, 0.1) is 17.8 Å². The van der Waals surface area contributed by atoms with E-state index in [-0.39, 0.29) is 42.8 Å². The van der Waals surface area contributed by atoms with Gasteiger partial charge in [-0.25, -0.2) is 9.48 Å². The first-order valence-corrected chi connectivity index (χ1v) is 22.3. The molecule has 3 unspecified atom stereocenters. The minimum Gasteiger partial charge on any atom is -0.458 e. The number of pyridine rings is 1. The summed E-state index contributed by atoms with van der Waals surface area (Å²) in [5.74, 6) is -3.20. The molecule has 5 rings (SSSR count). The summed E-state index contributed by atoms with van der Waals surface area (Å²) in [7, 11) is 5.38. The Labute approximate surface area is 364 Å². The minimum absolute atomic E-state index is 0.0230. The smallest absolute Gasteiger partial charge is 0.411 e. The summed E-state index contributed by atoms with van der Waals surface area (Å²) in [4.78, 5) is 50.0. The topological polar surface area (TPSA) is 180 Å². The van der Waals surface area contributed by atoms with Crippen LogP contribution >= 0.6 is 12.1 Å². The highest BCUT2D eigenvalue weighted by atomic mass is 32.2. The fourth-order valence-electron chi connectivity index (χ4n) is 9.01. The number of ether oxygens (including phenoxy) is 5. The Morgan fingerprint density at radius 3 is 2.41 bits per heavy atom. The third-order valence-electron chi connectivity index (χ3n) is 12.3. The van der Waals surface area contributed by atoms with Gasteiger partial charge in [0, 0.05) is 56.3 Å². The van der Waals surface area contributed by atoms with E-state index in [9.17, 15) is 23.4 Å². The molecule has 5 heterocycles. The number of allylic oxidation sites excluding steroid dienone is 1.